The number of H-pyrrole nitrogens is 1. The van der Waals surface area contributed by atoms with Crippen molar-refractivity contribution in [2.75, 3.05) is 0 Å². The maximum absolute atomic E-state index is 13.8. The van der Waals surface area contributed by atoms with Crippen molar-refractivity contribution in [3.63, 3.8) is 0 Å². The molecule has 102 valence electrons. The minimum Gasteiger partial charge on any atom is -0.328 e. The first-order chi connectivity index (χ1) is 9.70. The van der Waals surface area contributed by atoms with Crippen LogP contribution in [0.5, 0.6) is 0 Å². The molecule has 0 fully saturated rings. The van der Waals surface area contributed by atoms with Crippen LogP contribution < -0.4 is 0 Å². The van der Waals surface area contributed by atoms with Crippen molar-refractivity contribution in [3.8, 4) is 0 Å². The van der Waals surface area contributed by atoms with Crippen LogP contribution in [-0.4, -0.2) is 9.55 Å². The number of para-hydroxylation sites is 1. The summed E-state index contributed by atoms with van der Waals surface area (Å²) in [5.41, 5.74) is 3.80. The summed E-state index contributed by atoms with van der Waals surface area (Å²) in [6.07, 6.45) is 0.972. The van der Waals surface area contributed by atoms with Crippen LogP contribution in [0.15, 0.2) is 42.5 Å². The molecule has 3 rings (SSSR count). The standard InChI is InChI=1S/C16H15FN2S/c1-2-11-6-3-4-7-12(11)10-19-14-9-5-8-13(17)15(14)18-16(19)20/h3-9H,2,10H2,1H3,(H,18,20). The van der Waals surface area contributed by atoms with Crippen LogP contribution in [0.25, 0.3) is 11.0 Å². The van der Waals surface area contributed by atoms with Gasteiger partial charge < -0.3 is 9.55 Å². The van der Waals surface area contributed by atoms with Gasteiger partial charge in [-0.2, -0.15) is 0 Å². The van der Waals surface area contributed by atoms with Crippen molar-refractivity contribution >= 4 is 23.3 Å². The highest BCUT2D eigenvalue weighted by molar-refractivity contribution is 7.71. The molecular weight excluding hydrogens is 271 g/mol. The molecule has 0 amide bonds. The Morgan fingerprint density at radius 3 is 2.60 bits per heavy atom. The van der Waals surface area contributed by atoms with Crippen molar-refractivity contribution in [2.45, 2.75) is 19.9 Å². The Morgan fingerprint density at radius 2 is 1.85 bits per heavy atom. The van der Waals surface area contributed by atoms with Crippen LogP contribution in [0.1, 0.15) is 18.1 Å². The second kappa shape index (κ2) is 5.21. The minimum absolute atomic E-state index is 0.267. The van der Waals surface area contributed by atoms with Crippen LogP contribution in [0, 0.1) is 10.6 Å². The van der Waals surface area contributed by atoms with Gasteiger partial charge in [0.2, 0.25) is 0 Å². The molecule has 3 aromatic rings. The Hall–Kier alpha value is -1.94. The third kappa shape index (κ3) is 2.16. The molecule has 0 aliphatic rings. The Bertz CT molecular complexity index is 817. The van der Waals surface area contributed by atoms with Gasteiger partial charge in [-0.3, -0.25) is 0 Å². The third-order valence-corrected chi connectivity index (χ3v) is 3.91. The van der Waals surface area contributed by atoms with Crippen LogP contribution in [0.3, 0.4) is 0 Å². The molecule has 4 heteroatoms. The van der Waals surface area contributed by atoms with E-state index >= 15 is 0 Å². The second-order valence-corrected chi connectivity index (χ2v) is 5.16. The molecule has 0 aliphatic carbocycles. The minimum atomic E-state index is -0.267. The fraction of sp³-hybridized carbons (Fsp3) is 0.188. The van der Waals surface area contributed by atoms with Gasteiger partial charge in [-0.25, -0.2) is 4.39 Å². The van der Waals surface area contributed by atoms with Crippen LogP contribution in [0.2, 0.25) is 0 Å². The smallest absolute Gasteiger partial charge is 0.178 e. The van der Waals surface area contributed by atoms with Crippen molar-refractivity contribution < 1.29 is 4.39 Å². The molecular formula is C16H15FN2S. The van der Waals surface area contributed by atoms with Gasteiger partial charge >= 0.3 is 0 Å². The number of nitrogens with zero attached hydrogens (tertiary/aromatic N) is 1. The van der Waals surface area contributed by atoms with Crippen LogP contribution >= 0.6 is 12.2 Å². The second-order valence-electron chi connectivity index (χ2n) is 4.77. The van der Waals surface area contributed by atoms with Gasteiger partial charge in [0.25, 0.3) is 0 Å². The fourth-order valence-corrected chi connectivity index (χ4v) is 2.79. The van der Waals surface area contributed by atoms with Crippen molar-refractivity contribution in [1.29, 1.82) is 0 Å². The van der Waals surface area contributed by atoms with E-state index in [1.165, 1.54) is 17.2 Å². The number of halogens is 1. The molecule has 0 atom stereocenters. The molecule has 0 radical (unpaired) electrons. The zero-order valence-electron chi connectivity index (χ0n) is 11.2. The van der Waals surface area contributed by atoms with Gasteiger partial charge in [0.1, 0.15) is 11.3 Å². The zero-order valence-corrected chi connectivity index (χ0v) is 12.0. The molecule has 20 heavy (non-hydrogen) atoms. The number of nitrogens with one attached hydrogen (secondary N) is 1. The number of rotatable bonds is 3. The third-order valence-electron chi connectivity index (χ3n) is 3.59. The number of aromatic amines is 1. The molecule has 0 spiro atoms. The Morgan fingerprint density at radius 1 is 1.10 bits per heavy atom. The normalized spacial score (nSPS) is 11.1. The summed E-state index contributed by atoms with van der Waals surface area (Å²) < 4.78 is 16.3. The Labute approximate surface area is 121 Å². The highest BCUT2D eigenvalue weighted by atomic mass is 32.1. The van der Waals surface area contributed by atoms with E-state index in [1.807, 2.05) is 22.8 Å². The molecule has 1 aromatic heterocycles. The predicted molar refractivity (Wildman–Crippen MR) is 82.0 cm³/mol. The predicted octanol–water partition coefficient (Wildman–Crippen LogP) is 4.45. The average Bonchev–Trinajstić information content (AvgIpc) is 2.78. The van der Waals surface area contributed by atoms with Gasteiger partial charge in [0.05, 0.1) is 12.1 Å². The Balaban J connectivity index is 2.14. The van der Waals surface area contributed by atoms with E-state index in [0.29, 0.717) is 16.8 Å². The molecule has 0 aliphatic heterocycles. The van der Waals surface area contributed by atoms with E-state index in [4.69, 9.17) is 12.2 Å². The maximum atomic E-state index is 13.8. The van der Waals surface area contributed by atoms with Gasteiger partial charge in [-0.1, -0.05) is 37.3 Å². The van der Waals surface area contributed by atoms with Gasteiger partial charge in [0.15, 0.2) is 4.77 Å². The maximum Gasteiger partial charge on any atom is 0.178 e. The number of aromatic nitrogens is 2. The van der Waals surface area contributed by atoms with Crippen LogP contribution in [0.4, 0.5) is 4.39 Å². The molecule has 0 bridgehead atoms. The van der Waals surface area contributed by atoms with E-state index < -0.39 is 0 Å². The van der Waals surface area contributed by atoms with E-state index in [-0.39, 0.29) is 5.82 Å². The molecule has 2 aromatic carbocycles. The summed E-state index contributed by atoms with van der Waals surface area (Å²) in [7, 11) is 0. The topological polar surface area (TPSA) is 20.7 Å². The SMILES string of the molecule is CCc1ccccc1Cn1c(=S)[nH]c2c(F)cccc21. The number of imidazole rings is 1. The molecule has 2 nitrogen and oxygen atoms in total. The number of hydrogen-bond acceptors (Lipinski definition) is 1. The summed E-state index contributed by atoms with van der Waals surface area (Å²) in [4.78, 5) is 2.96. The molecule has 0 saturated heterocycles. The van der Waals surface area contributed by atoms with E-state index in [1.54, 1.807) is 6.07 Å². The molecule has 0 saturated carbocycles. The Kier molecular flexibility index (Phi) is 3.40. The largest absolute Gasteiger partial charge is 0.328 e. The van der Waals surface area contributed by atoms with E-state index in [0.717, 1.165) is 11.9 Å². The van der Waals surface area contributed by atoms with Crippen molar-refractivity contribution in [1.82, 2.24) is 9.55 Å². The van der Waals surface area contributed by atoms with Gasteiger partial charge in [-0.15, -0.1) is 0 Å². The first-order valence-electron chi connectivity index (χ1n) is 6.64. The number of aryl methyl sites for hydroxylation is 1. The zero-order chi connectivity index (χ0) is 14.1. The summed E-state index contributed by atoms with van der Waals surface area (Å²) in [5, 5.41) is 0. The quantitative estimate of drug-likeness (QED) is 0.705. The number of benzene rings is 2. The number of hydrogen-bond donors (Lipinski definition) is 1. The highest BCUT2D eigenvalue weighted by Crippen LogP contribution is 2.20. The van der Waals surface area contributed by atoms with Crippen molar-refractivity contribution in [3.05, 3.63) is 64.2 Å². The molecule has 1 heterocycles. The summed E-state index contributed by atoms with van der Waals surface area (Å²) in [6, 6.07) is 13.3. The van der Waals surface area contributed by atoms with E-state index in [9.17, 15) is 4.39 Å². The first-order valence-corrected chi connectivity index (χ1v) is 7.05. The monoisotopic (exact) mass is 286 g/mol. The summed E-state index contributed by atoms with van der Waals surface area (Å²) in [6.45, 7) is 2.79. The molecule has 1 N–H and O–H groups in total. The molecule has 0 unspecified atom stereocenters. The lowest BCUT2D eigenvalue weighted by atomic mass is 10.1. The summed E-state index contributed by atoms with van der Waals surface area (Å²) in [5.74, 6) is -0.267. The fourth-order valence-electron chi connectivity index (χ4n) is 2.53. The lowest BCUT2D eigenvalue weighted by Crippen LogP contribution is -2.02. The first kappa shape index (κ1) is 13.1. The van der Waals surface area contributed by atoms with Gasteiger partial charge in [0, 0.05) is 0 Å². The highest BCUT2D eigenvalue weighted by Gasteiger charge is 2.09. The van der Waals surface area contributed by atoms with Crippen LogP contribution in [-0.2, 0) is 13.0 Å². The lowest BCUT2D eigenvalue weighted by Gasteiger charge is -2.09. The lowest BCUT2D eigenvalue weighted by molar-refractivity contribution is 0.637. The summed E-state index contributed by atoms with van der Waals surface area (Å²) >= 11 is 5.33. The van der Waals surface area contributed by atoms with Gasteiger partial charge in [-0.05, 0) is 41.9 Å². The van der Waals surface area contributed by atoms with Crippen molar-refractivity contribution in [2.24, 2.45) is 0 Å². The number of fused-ring (bicyclic) bond motifs is 1. The van der Waals surface area contributed by atoms with E-state index in [2.05, 4.69) is 24.0 Å². The average molecular weight is 286 g/mol.